The van der Waals surface area contributed by atoms with Crippen LogP contribution in [0.4, 0.5) is 11.5 Å². The maximum atomic E-state index is 12.1. The molecule has 4 rings (SSSR count). The number of rotatable bonds is 9. The maximum absolute atomic E-state index is 12.1. The zero-order valence-electron chi connectivity index (χ0n) is 22.5. The Hall–Kier alpha value is -4.21. The highest BCUT2D eigenvalue weighted by molar-refractivity contribution is 6.34. The third-order valence-corrected chi connectivity index (χ3v) is 6.07. The van der Waals surface area contributed by atoms with Crippen molar-refractivity contribution in [2.75, 3.05) is 17.2 Å². The van der Waals surface area contributed by atoms with Crippen LogP contribution in [0.15, 0.2) is 78.9 Å². The lowest BCUT2D eigenvalue weighted by Gasteiger charge is -2.15. The second-order valence-corrected chi connectivity index (χ2v) is 10.7. The summed E-state index contributed by atoms with van der Waals surface area (Å²) in [7, 11) is 0. The molecule has 2 aromatic carbocycles. The fourth-order valence-electron chi connectivity index (χ4n) is 3.68. The van der Waals surface area contributed by atoms with Crippen molar-refractivity contribution in [1.82, 2.24) is 20.1 Å². The van der Waals surface area contributed by atoms with E-state index in [9.17, 15) is 9.90 Å². The molecule has 4 N–H and O–H groups in total. The first-order valence-corrected chi connectivity index (χ1v) is 13.3. The highest BCUT2D eigenvalue weighted by Gasteiger charge is 2.21. The average molecular weight is 582 g/mol. The number of carbonyl (C=O) groups excluding carboxylic acids is 1. The van der Waals surface area contributed by atoms with Gasteiger partial charge in [0.2, 0.25) is 0 Å². The number of aromatic nitrogens is 3. The smallest absolute Gasteiger partial charge is 0.270 e. The first-order valence-electron chi connectivity index (χ1n) is 12.5. The second-order valence-electron chi connectivity index (χ2n) is 9.86. The molecule has 0 aliphatic heterocycles. The van der Waals surface area contributed by atoms with Crippen LogP contribution in [0.2, 0.25) is 10.0 Å². The lowest BCUT2D eigenvalue weighted by atomic mass is 9.92. The van der Waals surface area contributed by atoms with Crippen LogP contribution in [0, 0.1) is 0 Å². The highest BCUT2D eigenvalue weighted by Crippen LogP contribution is 2.30. The van der Waals surface area contributed by atoms with Gasteiger partial charge in [-0.2, -0.15) is 5.10 Å². The number of hydrogen-bond acceptors (Lipinski definition) is 7. The molecule has 0 saturated carbocycles. The summed E-state index contributed by atoms with van der Waals surface area (Å²) in [5, 5.41) is 24.8. The lowest BCUT2D eigenvalue weighted by Crippen LogP contribution is -2.23. The van der Waals surface area contributed by atoms with Crippen LogP contribution < -0.4 is 20.7 Å². The Balaban J connectivity index is 1.51. The van der Waals surface area contributed by atoms with Gasteiger partial charge in [-0.3, -0.25) is 9.78 Å². The van der Waals surface area contributed by atoms with E-state index < -0.39 is 0 Å². The molecule has 40 heavy (non-hydrogen) atoms. The highest BCUT2D eigenvalue weighted by atomic mass is 35.5. The Morgan fingerprint density at radius 1 is 1.00 bits per heavy atom. The van der Waals surface area contributed by atoms with Crippen LogP contribution in [0.1, 0.15) is 43.9 Å². The zero-order chi connectivity index (χ0) is 28.9. The molecular weight excluding hydrogens is 551 g/mol. The third kappa shape index (κ3) is 7.25. The summed E-state index contributed by atoms with van der Waals surface area (Å²) >= 11 is 12.5. The van der Waals surface area contributed by atoms with E-state index in [1.165, 1.54) is 6.20 Å². The SMILES string of the molecule is CCNC(=O)c1cc(Oc2ccc(N/C(=C\O)Nc3cc(C(C)(C)C)nn3-c3cc(Cl)cc(Cl)c3)cc2)ccn1. The van der Waals surface area contributed by atoms with Crippen LogP contribution in [0.25, 0.3) is 5.69 Å². The van der Waals surface area contributed by atoms with E-state index in [-0.39, 0.29) is 17.0 Å². The number of amides is 1. The Morgan fingerprint density at radius 2 is 1.70 bits per heavy atom. The number of hydrogen-bond donors (Lipinski definition) is 4. The van der Waals surface area contributed by atoms with Gasteiger partial charge in [0.05, 0.1) is 11.4 Å². The van der Waals surface area contributed by atoms with Crippen molar-refractivity contribution in [3.8, 4) is 17.2 Å². The van der Waals surface area contributed by atoms with E-state index in [4.69, 9.17) is 33.0 Å². The molecule has 0 bridgehead atoms. The van der Waals surface area contributed by atoms with Gasteiger partial charge >= 0.3 is 0 Å². The van der Waals surface area contributed by atoms with E-state index in [2.05, 4.69) is 41.7 Å². The van der Waals surface area contributed by atoms with Gasteiger partial charge in [-0.05, 0) is 55.5 Å². The minimum Gasteiger partial charge on any atom is -0.512 e. The first kappa shape index (κ1) is 28.8. The number of halogens is 2. The summed E-state index contributed by atoms with van der Waals surface area (Å²) in [5.74, 6) is 1.68. The third-order valence-electron chi connectivity index (χ3n) is 5.63. The first-order chi connectivity index (χ1) is 19.0. The molecule has 0 radical (unpaired) electrons. The summed E-state index contributed by atoms with van der Waals surface area (Å²) < 4.78 is 7.57. The monoisotopic (exact) mass is 580 g/mol. The lowest BCUT2D eigenvalue weighted by molar-refractivity contribution is 0.0950. The number of pyridine rings is 1. The molecule has 4 aromatic rings. The van der Waals surface area contributed by atoms with Gasteiger partial charge in [0, 0.05) is 46.0 Å². The summed E-state index contributed by atoms with van der Waals surface area (Å²) in [6, 6.07) is 17.4. The number of anilines is 2. The molecule has 0 unspecified atom stereocenters. The molecule has 0 atom stereocenters. The van der Waals surface area contributed by atoms with Gasteiger partial charge in [0.1, 0.15) is 35.1 Å². The van der Waals surface area contributed by atoms with E-state index in [1.54, 1.807) is 59.3 Å². The number of ether oxygens (including phenoxy) is 1. The number of nitrogens with zero attached hydrogens (tertiary/aromatic N) is 3. The van der Waals surface area contributed by atoms with Gasteiger partial charge in [0.25, 0.3) is 5.91 Å². The molecule has 0 spiro atoms. The summed E-state index contributed by atoms with van der Waals surface area (Å²) in [6.07, 6.45) is 2.45. The molecule has 9 nitrogen and oxygen atoms in total. The molecule has 1 amide bonds. The Bertz CT molecular complexity index is 1510. The van der Waals surface area contributed by atoms with Gasteiger partial charge < -0.3 is 25.8 Å². The van der Waals surface area contributed by atoms with Crippen molar-refractivity contribution in [2.24, 2.45) is 0 Å². The standard InChI is InChI=1S/C29H30Cl2N6O3/c1-5-32-28(39)24-15-23(10-11-33-24)40-22-8-6-20(7-9-22)34-26(17-38)35-27-16-25(29(2,3)4)36-37(27)21-13-18(30)12-19(31)14-21/h6-17,34-35,38H,5H2,1-4H3,(H,32,39)/b26-17+. The molecule has 0 saturated heterocycles. The quantitative estimate of drug-likeness (QED) is 0.154. The van der Waals surface area contributed by atoms with Gasteiger partial charge in [0.15, 0.2) is 0 Å². The average Bonchev–Trinajstić information content (AvgIpc) is 3.34. The normalized spacial score (nSPS) is 11.7. The number of benzene rings is 2. The van der Waals surface area contributed by atoms with E-state index in [1.807, 2.05) is 13.0 Å². The van der Waals surface area contributed by atoms with Crippen molar-refractivity contribution >= 4 is 40.6 Å². The van der Waals surface area contributed by atoms with Crippen molar-refractivity contribution < 1.29 is 14.6 Å². The van der Waals surface area contributed by atoms with Crippen LogP contribution >= 0.6 is 23.2 Å². The van der Waals surface area contributed by atoms with E-state index >= 15 is 0 Å². The molecular formula is C29H30Cl2N6O3. The second kappa shape index (κ2) is 12.3. The van der Waals surface area contributed by atoms with Crippen molar-refractivity contribution in [3.63, 3.8) is 0 Å². The molecule has 2 heterocycles. The predicted molar refractivity (Wildman–Crippen MR) is 159 cm³/mol. The van der Waals surface area contributed by atoms with Crippen LogP contribution in [-0.2, 0) is 5.41 Å². The van der Waals surface area contributed by atoms with Crippen molar-refractivity contribution in [3.05, 3.63) is 100 Å². The number of nitrogens with one attached hydrogen (secondary N) is 3. The Labute approximate surface area is 242 Å². The molecule has 0 aliphatic rings. The van der Waals surface area contributed by atoms with Crippen molar-refractivity contribution in [2.45, 2.75) is 33.1 Å². The molecule has 2 aromatic heterocycles. The predicted octanol–water partition coefficient (Wildman–Crippen LogP) is 7.29. The van der Waals surface area contributed by atoms with Crippen LogP contribution in [0.5, 0.6) is 11.5 Å². The number of aliphatic hydroxyl groups excluding tert-OH is 1. The minimum atomic E-state index is -0.266. The molecule has 208 valence electrons. The van der Waals surface area contributed by atoms with E-state index in [0.717, 1.165) is 12.0 Å². The minimum absolute atomic E-state index is 0.230. The Kier molecular flexibility index (Phi) is 8.86. The summed E-state index contributed by atoms with van der Waals surface area (Å²) in [4.78, 5) is 16.1. The van der Waals surface area contributed by atoms with Crippen LogP contribution in [0.3, 0.4) is 0 Å². The number of carbonyl (C=O) groups is 1. The number of aliphatic hydroxyl groups is 1. The summed E-state index contributed by atoms with van der Waals surface area (Å²) in [5.41, 5.74) is 2.23. The van der Waals surface area contributed by atoms with Gasteiger partial charge in [-0.15, -0.1) is 0 Å². The van der Waals surface area contributed by atoms with Gasteiger partial charge in [-0.1, -0.05) is 44.0 Å². The van der Waals surface area contributed by atoms with Crippen LogP contribution in [-0.4, -0.2) is 32.3 Å². The largest absolute Gasteiger partial charge is 0.512 e. The van der Waals surface area contributed by atoms with Gasteiger partial charge in [-0.25, -0.2) is 4.68 Å². The maximum Gasteiger partial charge on any atom is 0.270 e. The fourth-order valence-corrected chi connectivity index (χ4v) is 4.19. The zero-order valence-corrected chi connectivity index (χ0v) is 24.0. The topological polar surface area (TPSA) is 113 Å². The molecule has 0 fully saturated rings. The van der Waals surface area contributed by atoms with E-state index in [0.29, 0.717) is 51.1 Å². The molecule has 11 heteroatoms. The molecule has 0 aliphatic carbocycles. The Morgan fingerprint density at radius 3 is 2.33 bits per heavy atom. The van der Waals surface area contributed by atoms with Crippen molar-refractivity contribution in [1.29, 1.82) is 0 Å². The summed E-state index contributed by atoms with van der Waals surface area (Å²) in [6.45, 7) is 8.53. The fraction of sp³-hybridized carbons (Fsp3) is 0.207.